The lowest BCUT2D eigenvalue weighted by atomic mass is 10.2. The molecule has 1 aromatic heterocycles. The summed E-state index contributed by atoms with van der Waals surface area (Å²) >= 11 is 0.742. The van der Waals surface area contributed by atoms with E-state index in [1.165, 1.54) is 18.2 Å². The second kappa shape index (κ2) is 9.39. The quantitative estimate of drug-likeness (QED) is 0.272. The number of benzene rings is 1. The number of thioether (sulfide) groups is 1. The van der Waals surface area contributed by atoms with Gasteiger partial charge in [0.15, 0.2) is 0 Å². The van der Waals surface area contributed by atoms with Gasteiger partial charge < -0.3 is 9.47 Å². The summed E-state index contributed by atoms with van der Waals surface area (Å²) in [5, 5.41) is 10.1. The van der Waals surface area contributed by atoms with Crippen LogP contribution in [0.3, 0.4) is 0 Å². The summed E-state index contributed by atoms with van der Waals surface area (Å²) in [6.45, 7) is 2.92. The Kier molecular flexibility index (Phi) is 6.65. The molecule has 10 nitrogen and oxygen atoms in total. The van der Waals surface area contributed by atoms with Crippen molar-refractivity contribution in [1.82, 2.24) is 9.88 Å². The molecule has 31 heavy (non-hydrogen) atoms. The molecular formula is C20H17N3O7S. The summed E-state index contributed by atoms with van der Waals surface area (Å²) in [6.07, 6.45) is 2.29. The fraction of sp³-hybridized carbons (Fsp3) is 0.200. The van der Waals surface area contributed by atoms with E-state index >= 15 is 0 Å². The Morgan fingerprint density at radius 2 is 1.94 bits per heavy atom. The second-order valence-corrected chi connectivity index (χ2v) is 7.58. The van der Waals surface area contributed by atoms with Crippen LogP contribution in [-0.2, 0) is 14.3 Å². The standard InChI is InChI=1S/C20H17N3O7S/c1-12(2)29-18(24)11-22-19(25)16(31-20(22)26)9-13-3-6-15(7-4-13)30-17-8-5-14(10-21-17)23(27)28/h3-10,12H,11H2,1-2H3/b16-9-. The summed E-state index contributed by atoms with van der Waals surface area (Å²) < 4.78 is 10.5. The Morgan fingerprint density at radius 1 is 1.23 bits per heavy atom. The Balaban J connectivity index is 1.65. The minimum absolute atomic E-state index is 0.144. The molecule has 0 aliphatic carbocycles. The van der Waals surface area contributed by atoms with Crippen LogP contribution in [-0.4, -0.2) is 44.6 Å². The number of hydrogen-bond acceptors (Lipinski definition) is 9. The average molecular weight is 443 g/mol. The first kappa shape index (κ1) is 22.0. The SMILES string of the molecule is CC(C)OC(=O)CN1C(=O)S/C(=C\c2ccc(Oc3ccc([N+](=O)[O-])cn3)cc2)C1=O. The Labute approximate surface area is 181 Å². The zero-order valence-electron chi connectivity index (χ0n) is 16.5. The van der Waals surface area contributed by atoms with E-state index in [1.807, 2.05) is 0 Å². The summed E-state index contributed by atoms with van der Waals surface area (Å²) in [7, 11) is 0. The van der Waals surface area contributed by atoms with Gasteiger partial charge in [-0.15, -0.1) is 0 Å². The van der Waals surface area contributed by atoms with E-state index in [0.29, 0.717) is 11.3 Å². The Hall–Kier alpha value is -3.73. The molecule has 1 aliphatic heterocycles. The fourth-order valence-electron chi connectivity index (χ4n) is 2.51. The maximum atomic E-state index is 12.5. The third-order valence-electron chi connectivity index (χ3n) is 3.86. The fourth-order valence-corrected chi connectivity index (χ4v) is 3.35. The van der Waals surface area contributed by atoms with Crippen molar-refractivity contribution in [3.63, 3.8) is 0 Å². The molecule has 3 rings (SSSR count). The number of rotatable bonds is 7. The monoisotopic (exact) mass is 443 g/mol. The topological polar surface area (TPSA) is 129 Å². The van der Waals surface area contributed by atoms with Gasteiger partial charge in [-0.3, -0.25) is 29.4 Å². The van der Waals surface area contributed by atoms with Crippen molar-refractivity contribution in [3.05, 3.63) is 63.2 Å². The van der Waals surface area contributed by atoms with E-state index in [4.69, 9.17) is 9.47 Å². The highest BCUT2D eigenvalue weighted by Gasteiger charge is 2.36. The number of pyridine rings is 1. The molecule has 1 fully saturated rings. The van der Waals surface area contributed by atoms with Crippen molar-refractivity contribution in [1.29, 1.82) is 0 Å². The van der Waals surface area contributed by atoms with Gasteiger partial charge in [0.2, 0.25) is 5.88 Å². The molecule has 0 atom stereocenters. The molecule has 1 aromatic carbocycles. The maximum absolute atomic E-state index is 12.5. The average Bonchev–Trinajstić information content (AvgIpc) is 2.96. The van der Waals surface area contributed by atoms with Crippen molar-refractivity contribution in [2.75, 3.05) is 6.54 Å². The van der Waals surface area contributed by atoms with Crippen molar-refractivity contribution in [2.45, 2.75) is 20.0 Å². The van der Waals surface area contributed by atoms with Crippen LogP contribution in [0.4, 0.5) is 10.5 Å². The molecule has 11 heteroatoms. The highest BCUT2D eigenvalue weighted by molar-refractivity contribution is 8.18. The van der Waals surface area contributed by atoms with Crippen LogP contribution in [0.15, 0.2) is 47.5 Å². The highest BCUT2D eigenvalue weighted by Crippen LogP contribution is 2.32. The van der Waals surface area contributed by atoms with Crippen LogP contribution in [0.5, 0.6) is 11.6 Å². The zero-order valence-corrected chi connectivity index (χ0v) is 17.3. The number of nitro groups is 1. The molecule has 1 aliphatic rings. The molecule has 2 aromatic rings. The number of carbonyl (C=O) groups is 3. The molecule has 1 saturated heterocycles. The number of carbonyl (C=O) groups excluding carboxylic acids is 3. The van der Waals surface area contributed by atoms with E-state index in [0.717, 1.165) is 22.9 Å². The molecule has 2 amide bonds. The van der Waals surface area contributed by atoms with Gasteiger partial charge in [0.05, 0.1) is 15.9 Å². The van der Waals surface area contributed by atoms with E-state index < -0.39 is 28.6 Å². The lowest BCUT2D eigenvalue weighted by Crippen LogP contribution is -2.35. The van der Waals surface area contributed by atoms with Gasteiger partial charge >= 0.3 is 5.97 Å². The van der Waals surface area contributed by atoms with Gasteiger partial charge in [0.25, 0.3) is 16.8 Å². The minimum atomic E-state index is -0.653. The number of amides is 2. The van der Waals surface area contributed by atoms with Gasteiger partial charge in [-0.25, -0.2) is 4.98 Å². The molecule has 0 spiro atoms. The first-order valence-corrected chi connectivity index (χ1v) is 9.88. The molecule has 2 heterocycles. The van der Waals surface area contributed by atoms with Crippen molar-refractivity contribution in [3.8, 4) is 11.6 Å². The Morgan fingerprint density at radius 3 is 2.52 bits per heavy atom. The van der Waals surface area contributed by atoms with Crippen molar-refractivity contribution < 1.29 is 28.8 Å². The minimum Gasteiger partial charge on any atom is -0.462 e. The normalized spacial score (nSPS) is 14.9. The molecule has 0 saturated carbocycles. The summed E-state index contributed by atoms with van der Waals surface area (Å²) in [6, 6.07) is 9.25. The van der Waals surface area contributed by atoms with E-state index in [1.54, 1.807) is 38.1 Å². The third-order valence-corrected chi connectivity index (χ3v) is 4.77. The van der Waals surface area contributed by atoms with Gasteiger partial charge in [-0.2, -0.15) is 0 Å². The lowest BCUT2D eigenvalue weighted by molar-refractivity contribution is -0.385. The van der Waals surface area contributed by atoms with Crippen molar-refractivity contribution in [2.24, 2.45) is 0 Å². The van der Waals surface area contributed by atoms with Crippen LogP contribution in [0.2, 0.25) is 0 Å². The van der Waals surface area contributed by atoms with Gasteiger partial charge in [0.1, 0.15) is 18.5 Å². The van der Waals surface area contributed by atoms with E-state index in [-0.39, 0.29) is 22.6 Å². The van der Waals surface area contributed by atoms with Gasteiger partial charge in [-0.1, -0.05) is 12.1 Å². The number of aromatic nitrogens is 1. The van der Waals surface area contributed by atoms with Crippen LogP contribution in [0.1, 0.15) is 19.4 Å². The van der Waals surface area contributed by atoms with Crippen molar-refractivity contribution >= 4 is 40.6 Å². The number of hydrogen-bond donors (Lipinski definition) is 0. The van der Waals surface area contributed by atoms with Crippen LogP contribution < -0.4 is 4.74 Å². The summed E-state index contributed by atoms with van der Waals surface area (Å²) in [5.41, 5.74) is 0.494. The molecular weight excluding hydrogens is 426 g/mol. The van der Waals surface area contributed by atoms with E-state index in [2.05, 4.69) is 4.98 Å². The maximum Gasteiger partial charge on any atom is 0.326 e. The van der Waals surface area contributed by atoms with Gasteiger partial charge in [-0.05, 0) is 49.4 Å². The second-order valence-electron chi connectivity index (χ2n) is 6.59. The smallest absolute Gasteiger partial charge is 0.326 e. The number of nitrogens with zero attached hydrogens (tertiary/aromatic N) is 3. The molecule has 160 valence electrons. The predicted octanol–water partition coefficient (Wildman–Crippen LogP) is 3.77. The Bertz CT molecular complexity index is 1050. The number of ether oxygens (including phenoxy) is 2. The first-order valence-electron chi connectivity index (χ1n) is 9.06. The van der Waals surface area contributed by atoms with Crippen LogP contribution in [0, 0.1) is 10.1 Å². The number of imide groups is 1. The molecule has 0 unspecified atom stereocenters. The summed E-state index contributed by atoms with van der Waals surface area (Å²) in [4.78, 5) is 51.3. The lowest BCUT2D eigenvalue weighted by Gasteiger charge is -2.13. The first-order chi connectivity index (χ1) is 14.7. The van der Waals surface area contributed by atoms with Crippen LogP contribution in [0.25, 0.3) is 6.08 Å². The zero-order chi connectivity index (χ0) is 22.5. The van der Waals surface area contributed by atoms with Crippen LogP contribution >= 0.6 is 11.8 Å². The van der Waals surface area contributed by atoms with Gasteiger partial charge in [0, 0.05) is 12.1 Å². The summed E-state index contributed by atoms with van der Waals surface area (Å²) in [5.74, 6) is -0.596. The largest absolute Gasteiger partial charge is 0.462 e. The molecule has 0 radical (unpaired) electrons. The third kappa shape index (κ3) is 5.66. The molecule has 0 N–H and O–H groups in total. The number of esters is 1. The predicted molar refractivity (Wildman–Crippen MR) is 111 cm³/mol. The van der Waals surface area contributed by atoms with E-state index in [9.17, 15) is 24.5 Å². The molecule has 0 bridgehead atoms. The highest BCUT2D eigenvalue weighted by atomic mass is 32.2.